The Labute approximate surface area is 189 Å². The van der Waals surface area contributed by atoms with E-state index in [1.54, 1.807) is 16.7 Å². The average molecular weight is 450 g/mol. The van der Waals surface area contributed by atoms with E-state index in [9.17, 15) is 9.59 Å². The second kappa shape index (κ2) is 8.75. The first kappa shape index (κ1) is 21.4. The van der Waals surface area contributed by atoms with Crippen molar-refractivity contribution in [3.05, 3.63) is 64.2 Å². The molecular weight excluding hydrogens is 426 g/mol. The van der Waals surface area contributed by atoms with Crippen LogP contribution in [0.25, 0.3) is 22.4 Å². The zero-order chi connectivity index (χ0) is 22.8. The second-order valence-electron chi connectivity index (χ2n) is 7.41. The number of aryl methyl sites for hydroxylation is 3. The highest BCUT2D eigenvalue weighted by molar-refractivity contribution is 7.71. The number of aromatic amines is 1. The smallest absolute Gasteiger partial charge is 0.269 e. The summed E-state index contributed by atoms with van der Waals surface area (Å²) < 4.78 is 3.96. The number of rotatable bonds is 5. The number of hydrazine groups is 1. The van der Waals surface area contributed by atoms with E-state index in [4.69, 9.17) is 12.2 Å². The predicted octanol–water partition coefficient (Wildman–Crippen LogP) is 3.06. The lowest BCUT2D eigenvalue weighted by atomic mass is 10.1. The molecule has 0 radical (unpaired) electrons. The summed E-state index contributed by atoms with van der Waals surface area (Å²) >= 11 is 5.27. The van der Waals surface area contributed by atoms with Crippen LogP contribution in [0.4, 0.5) is 0 Å². The molecule has 0 spiro atoms. The first-order chi connectivity index (χ1) is 15.4. The first-order valence-electron chi connectivity index (χ1n) is 10.2. The summed E-state index contributed by atoms with van der Waals surface area (Å²) in [5, 5.41) is 6.94. The second-order valence-corrected chi connectivity index (χ2v) is 7.80. The van der Waals surface area contributed by atoms with E-state index in [2.05, 4.69) is 30.6 Å². The molecule has 0 aliphatic rings. The van der Waals surface area contributed by atoms with Crippen molar-refractivity contribution >= 4 is 35.1 Å². The van der Waals surface area contributed by atoms with Gasteiger partial charge >= 0.3 is 0 Å². The van der Waals surface area contributed by atoms with Gasteiger partial charge in [-0.1, -0.05) is 29.8 Å². The maximum Gasteiger partial charge on any atom is 0.269 e. The van der Waals surface area contributed by atoms with Crippen LogP contribution in [0.3, 0.4) is 0 Å². The van der Waals surface area contributed by atoms with Gasteiger partial charge in [-0.25, -0.2) is 4.98 Å². The van der Waals surface area contributed by atoms with Gasteiger partial charge in [-0.2, -0.15) is 5.10 Å². The van der Waals surface area contributed by atoms with E-state index >= 15 is 0 Å². The highest BCUT2D eigenvalue weighted by atomic mass is 32.1. The Bertz CT molecular complexity index is 1370. The van der Waals surface area contributed by atoms with Gasteiger partial charge in [-0.15, -0.1) is 0 Å². The molecule has 2 heterocycles. The molecule has 0 unspecified atom stereocenters. The molecular formula is C22H23N7O2S. The van der Waals surface area contributed by atoms with Crippen LogP contribution < -0.4 is 10.9 Å². The molecule has 0 aliphatic heterocycles. The van der Waals surface area contributed by atoms with E-state index in [-0.39, 0.29) is 6.54 Å². The summed E-state index contributed by atoms with van der Waals surface area (Å²) in [4.78, 5) is 29.5. The fourth-order valence-corrected chi connectivity index (χ4v) is 3.76. The van der Waals surface area contributed by atoms with E-state index in [1.807, 2.05) is 51.1 Å². The molecule has 2 aromatic heterocycles. The van der Waals surface area contributed by atoms with Crippen molar-refractivity contribution in [2.45, 2.75) is 33.9 Å². The highest BCUT2D eigenvalue weighted by Crippen LogP contribution is 2.19. The molecule has 0 saturated carbocycles. The Morgan fingerprint density at radius 3 is 2.53 bits per heavy atom. The highest BCUT2D eigenvalue weighted by Gasteiger charge is 2.15. The molecule has 0 aliphatic carbocycles. The molecule has 2 amide bonds. The summed E-state index contributed by atoms with van der Waals surface area (Å²) in [7, 11) is 0. The van der Waals surface area contributed by atoms with Crippen LogP contribution in [0.5, 0.6) is 0 Å². The van der Waals surface area contributed by atoms with Gasteiger partial charge in [0.25, 0.3) is 11.8 Å². The number of nitrogens with one attached hydrogen (secondary N) is 3. The Morgan fingerprint density at radius 2 is 1.81 bits per heavy atom. The van der Waals surface area contributed by atoms with Crippen molar-refractivity contribution in [2.24, 2.45) is 0 Å². The number of aromatic nitrogens is 5. The summed E-state index contributed by atoms with van der Waals surface area (Å²) in [6.07, 6.45) is 0. The van der Waals surface area contributed by atoms with Gasteiger partial charge in [-0.3, -0.25) is 30.1 Å². The molecule has 0 atom stereocenters. The molecule has 4 rings (SSSR count). The zero-order valence-corrected chi connectivity index (χ0v) is 18.8. The fraction of sp³-hybridized carbons (Fsp3) is 0.227. The third kappa shape index (κ3) is 4.17. The van der Waals surface area contributed by atoms with E-state index in [1.165, 1.54) is 0 Å². The van der Waals surface area contributed by atoms with Crippen LogP contribution in [-0.2, 0) is 17.9 Å². The quantitative estimate of drug-likeness (QED) is 0.320. The van der Waals surface area contributed by atoms with Crippen LogP contribution in [-0.4, -0.2) is 36.1 Å². The van der Waals surface area contributed by atoms with Crippen molar-refractivity contribution in [3.63, 3.8) is 0 Å². The topological polar surface area (TPSA) is 110 Å². The van der Waals surface area contributed by atoms with Crippen LogP contribution in [0, 0.1) is 18.6 Å². The molecule has 0 saturated heterocycles. The van der Waals surface area contributed by atoms with Gasteiger partial charge in [0.05, 0.1) is 11.0 Å². The standard InChI is InChI=1S/C22H23N7O2S/c1-4-28-14(3)23-17-11-16(9-10-18(17)28)21(31)26-24-19(30)12-29-20(25-27-22(29)32)15-7-5-13(2)6-8-15/h5-11H,4,12H2,1-3H3,(H,24,30)(H,26,31)(H,27,32). The Kier molecular flexibility index (Phi) is 5.87. The first-order valence-corrected chi connectivity index (χ1v) is 10.6. The minimum atomic E-state index is -0.434. The molecule has 164 valence electrons. The number of hydrogen-bond acceptors (Lipinski definition) is 5. The van der Waals surface area contributed by atoms with Crippen LogP contribution in [0.1, 0.15) is 28.7 Å². The van der Waals surface area contributed by atoms with Crippen molar-refractivity contribution in [1.29, 1.82) is 0 Å². The Morgan fingerprint density at radius 1 is 1.06 bits per heavy atom. The molecule has 0 bridgehead atoms. The minimum absolute atomic E-state index is 0.0992. The minimum Gasteiger partial charge on any atom is -0.329 e. The largest absolute Gasteiger partial charge is 0.329 e. The van der Waals surface area contributed by atoms with Crippen molar-refractivity contribution < 1.29 is 9.59 Å². The molecule has 9 nitrogen and oxygen atoms in total. The third-order valence-electron chi connectivity index (χ3n) is 5.20. The predicted molar refractivity (Wildman–Crippen MR) is 123 cm³/mol. The number of nitrogens with zero attached hydrogens (tertiary/aromatic N) is 4. The molecule has 4 aromatic rings. The molecule has 0 fully saturated rings. The van der Waals surface area contributed by atoms with Crippen LogP contribution >= 0.6 is 12.2 Å². The summed E-state index contributed by atoms with van der Waals surface area (Å²) in [5.74, 6) is 0.563. The zero-order valence-electron chi connectivity index (χ0n) is 18.0. The SMILES string of the molecule is CCn1c(C)nc2cc(C(=O)NNC(=O)Cn3c(-c4ccc(C)cc4)n[nH]c3=S)ccc21. The number of H-pyrrole nitrogens is 1. The average Bonchev–Trinajstić information content (AvgIpc) is 3.30. The number of carbonyl (C=O) groups is 2. The number of amides is 2. The Balaban J connectivity index is 1.44. The number of carbonyl (C=O) groups excluding carboxylic acids is 2. The van der Waals surface area contributed by atoms with Gasteiger partial charge in [0.1, 0.15) is 12.4 Å². The summed E-state index contributed by atoms with van der Waals surface area (Å²) in [6.45, 7) is 6.66. The molecule has 2 aromatic carbocycles. The summed E-state index contributed by atoms with van der Waals surface area (Å²) in [5.41, 5.74) is 8.92. The van der Waals surface area contributed by atoms with Gasteiger partial charge in [-0.05, 0) is 51.2 Å². The van der Waals surface area contributed by atoms with Gasteiger partial charge in [0, 0.05) is 17.7 Å². The van der Waals surface area contributed by atoms with E-state index in [0.717, 1.165) is 34.5 Å². The van der Waals surface area contributed by atoms with Crippen LogP contribution in [0.15, 0.2) is 42.5 Å². The number of imidazole rings is 1. The molecule has 32 heavy (non-hydrogen) atoms. The monoisotopic (exact) mass is 449 g/mol. The fourth-order valence-electron chi connectivity index (χ4n) is 3.56. The summed E-state index contributed by atoms with van der Waals surface area (Å²) in [6, 6.07) is 13.0. The molecule has 10 heteroatoms. The Hall–Kier alpha value is -3.79. The third-order valence-corrected chi connectivity index (χ3v) is 5.51. The lowest BCUT2D eigenvalue weighted by Crippen LogP contribution is -2.43. The van der Waals surface area contributed by atoms with E-state index in [0.29, 0.717) is 16.2 Å². The van der Waals surface area contributed by atoms with Crippen molar-refractivity contribution in [1.82, 2.24) is 35.2 Å². The lowest BCUT2D eigenvalue weighted by molar-refractivity contribution is -0.122. The number of benzene rings is 2. The normalized spacial score (nSPS) is 11.0. The van der Waals surface area contributed by atoms with Gasteiger partial charge < -0.3 is 4.57 Å². The van der Waals surface area contributed by atoms with Crippen molar-refractivity contribution in [2.75, 3.05) is 0 Å². The van der Waals surface area contributed by atoms with E-state index < -0.39 is 11.8 Å². The number of hydrogen-bond donors (Lipinski definition) is 3. The van der Waals surface area contributed by atoms with Crippen molar-refractivity contribution in [3.8, 4) is 11.4 Å². The maximum atomic E-state index is 12.5. The lowest BCUT2D eigenvalue weighted by Gasteiger charge is -2.10. The van der Waals surface area contributed by atoms with Crippen LogP contribution in [0.2, 0.25) is 0 Å². The maximum absolute atomic E-state index is 12.5. The van der Waals surface area contributed by atoms with Gasteiger partial charge in [0.15, 0.2) is 10.6 Å². The molecule has 3 N–H and O–H groups in total. The van der Waals surface area contributed by atoms with Gasteiger partial charge in [0.2, 0.25) is 0 Å². The number of fused-ring (bicyclic) bond motifs is 1.